The summed E-state index contributed by atoms with van der Waals surface area (Å²) in [7, 11) is 0. The predicted molar refractivity (Wildman–Crippen MR) is 73.1 cm³/mol. The third-order valence-electron chi connectivity index (χ3n) is 3.50. The van der Waals surface area contributed by atoms with Crippen LogP contribution in [0.25, 0.3) is 0 Å². The van der Waals surface area contributed by atoms with Gasteiger partial charge in [0.25, 0.3) is 0 Å². The summed E-state index contributed by atoms with van der Waals surface area (Å²) in [6, 6.07) is 14.1. The van der Waals surface area contributed by atoms with Crippen molar-refractivity contribution in [2.75, 3.05) is 10.6 Å². The van der Waals surface area contributed by atoms with Gasteiger partial charge in [0.05, 0.1) is 6.61 Å². The van der Waals surface area contributed by atoms with Crippen molar-refractivity contribution in [3.63, 3.8) is 0 Å². The van der Waals surface area contributed by atoms with Gasteiger partial charge in [0.1, 0.15) is 0 Å². The van der Waals surface area contributed by atoms with Crippen molar-refractivity contribution < 1.29 is 5.11 Å². The van der Waals surface area contributed by atoms with Gasteiger partial charge >= 0.3 is 0 Å². The predicted octanol–water partition coefficient (Wildman–Crippen LogP) is 2.28. The average Bonchev–Trinajstić information content (AvgIpc) is 2.84. The Hall–Kier alpha value is -2.00. The first-order chi connectivity index (χ1) is 8.78. The Bertz CT molecular complexity index is 563. The highest BCUT2D eigenvalue weighted by atomic mass is 16.3. The molecule has 0 fully saturated rings. The number of fused-ring (bicyclic) bond motifs is 1. The second kappa shape index (κ2) is 4.35. The fraction of sp³-hybridized carbons (Fsp3) is 0.200. The second-order valence-electron chi connectivity index (χ2n) is 4.67. The van der Waals surface area contributed by atoms with Gasteiger partial charge < -0.3 is 15.7 Å². The van der Waals surface area contributed by atoms with Crippen molar-refractivity contribution in [3.8, 4) is 0 Å². The van der Waals surface area contributed by atoms with Gasteiger partial charge in [0, 0.05) is 24.5 Å². The SMILES string of the molecule is Nc1cccc2c1CN(c1ccc(CO)cc1)C2. The van der Waals surface area contributed by atoms with Gasteiger partial charge in [-0.05, 0) is 34.9 Å². The molecule has 3 nitrogen and oxygen atoms in total. The van der Waals surface area contributed by atoms with Crippen LogP contribution in [0, 0.1) is 0 Å². The second-order valence-corrected chi connectivity index (χ2v) is 4.67. The smallest absolute Gasteiger partial charge is 0.0681 e. The molecule has 1 heterocycles. The van der Waals surface area contributed by atoms with Gasteiger partial charge in [-0.2, -0.15) is 0 Å². The van der Waals surface area contributed by atoms with E-state index >= 15 is 0 Å². The highest BCUT2D eigenvalue weighted by Gasteiger charge is 2.20. The Morgan fingerprint density at radius 3 is 2.50 bits per heavy atom. The molecular formula is C15H16N2O. The number of aliphatic hydroxyl groups is 1. The maximum absolute atomic E-state index is 9.04. The molecule has 3 rings (SSSR count). The molecule has 2 aromatic carbocycles. The quantitative estimate of drug-likeness (QED) is 0.792. The normalized spacial score (nSPS) is 13.7. The molecule has 0 saturated heterocycles. The zero-order valence-electron chi connectivity index (χ0n) is 10.1. The van der Waals surface area contributed by atoms with Gasteiger partial charge in [0.15, 0.2) is 0 Å². The molecule has 0 unspecified atom stereocenters. The lowest BCUT2D eigenvalue weighted by Gasteiger charge is -2.18. The number of anilines is 2. The first kappa shape index (κ1) is 11.1. The van der Waals surface area contributed by atoms with Crippen LogP contribution in [0.2, 0.25) is 0 Å². The highest BCUT2D eigenvalue weighted by Crippen LogP contribution is 2.31. The van der Waals surface area contributed by atoms with Gasteiger partial charge in [-0.3, -0.25) is 0 Å². The summed E-state index contributed by atoms with van der Waals surface area (Å²) in [6.07, 6.45) is 0. The average molecular weight is 240 g/mol. The van der Waals surface area contributed by atoms with E-state index in [2.05, 4.69) is 11.0 Å². The summed E-state index contributed by atoms with van der Waals surface area (Å²) in [5, 5.41) is 9.04. The molecule has 0 atom stereocenters. The first-order valence-electron chi connectivity index (χ1n) is 6.09. The Labute approximate surface area is 106 Å². The van der Waals surface area contributed by atoms with Crippen LogP contribution in [0.1, 0.15) is 16.7 Å². The molecular weight excluding hydrogens is 224 g/mol. The van der Waals surface area contributed by atoms with Crippen LogP contribution in [0.3, 0.4) is 0 Å². The molecule has 0 bridgehead atoms. The molecule has 3 N–H and O–H groups in total. The number of hydrogen-bond donors (Lipinski definition) is 2. The fourth-order valence-electron chi connectivity index (χ4n) is 2.44. The van der Waals surface area contributed by atoms with Crippen LogP contribution in [-0.2, 0) is 19.7 Å². The highest BCUT2D eigenvalue weighted by molar-refractivity contribution is 5.59. The maximum Gasteiger partial charge on any atom is 0.0681 e. The van der Waals surface area contributed by atoms with E-state index in [4.69, 9.17) is 10.8 Å². The Morgan fingerprint density at radius 1 is 1.06 bits per heavy atom. The number of nitrogen functional groups attached to an aromatic ring is 1. The van der Waals surface area contributed by atoms with Gasteiger partial charge in [-0.15, -0.1) is 0 Å². The molecule has 0 spiro atoms. The molecule has 0 aromatic heterocycles. The number of hydrogen-bond acceptors (Lipinski definition) is 3. The van der Waals surface area contributed by atoms with Crippen molar-refractivity contribution in [2.24, 2.45) is 0 Å². The van der Waals surface area contributed by atoms with Crippen LogP contribution in [0.5, 0.6) is 0 Å². The van der Waals surface area contributed by atoms with E-state index < -0.39 is 0 Å². The number of nitrogens with two attached hydrogens (primary N) is 1. The van der Waals surface area contributed by atoms with Crippen LogP contribution in [0.15, 0.2) is 42.5 Å². The number of rotatable bonds is 2. The molecule has 1 aliphatic rings. The molecule has 18 heavy (non-hydrogen) atoms. The summed E-state index contributed by atoms with van der Waals surface area (Å²) >= 11 is 0. The van der Waals surface area contributed by atoms with E-state index in [0.717, 1.165) is 24.3 Å². The minimum Gasteiger partial charge on any atom is -0.398 e. The van der Waals surface area contributed by atoms with Crippen LogP contribution >= 0.6 is 0 Å². The maximum atomic E-state index is 9.04. The molecule has 0 radical (unpaired) electrons. The topological polar surface area (TPSA) is 49.5 Å². The van der Waals surface area contributed by atoms with Crippen LogP contribution < -0.4 is 10.6 Å². The van der Waals surface area contributed by atoms with E-state index in [1.54, 1.807) is 0 Å². The zero-order chi connectivity index (χ0) is 12.5. The largest absolute Gasteiger partial charge is 0.398 e. The summed E-state index contributed by atoms with van der Waals surface area (Å²) in [4.78, 5) is 2.29. The molecule has 0 saturated carbocycles. The van der Waals surface area contributed by atoms with Crippen molar-refractivity contribution in [1.82, 2.24) is 0 Å². The minimum absolute atomic E-state index is 0.0907. The van der Waals surface area contributed by atoms with Crippen LogP contribution in [-0.4, -0.2) is 5.11 Å². The molecule has 1 aliphatic heterocycles. The van der Waals surface area contributed by atoms with Gasteiger partial charge in [-0.1, -0.05) is 24.3 Å². The summed E-state index contributed by atoms with van der Waals surface area (Å²) < 4.78 is 0. The van der Waals surface area contributed by atoms with E-state index in [0.29, 0.717) is 0 Å². The standard InChI is InChI=1S/C15H16N2O/c16-15-3-1-2-12-8-17(9-14(12)15)13-6-4-11(10-18)5-7-13/h1-7,18H,8-10,16H2. The van der Waals surface area contributed by atoms with Gasteiger partial charge in [0.2, 0.25) is 0 Å². The zero-order valence-corrected chi connectivity index (χ0v) is 10.1. The van der Waals surface area contributed by atoms with E-state index in [1.165, 1.54) is 16.8 Å². The van der Waals surface area contributed by atoms with Crippen molar-refractivity contribution in [2.45, 2.75) is 19.7 Å². The fourth-order valence-corrected chi connectivity index (χ4v) is 2.44. The Kier molecular flexibility index (Phi) is 2.68. The first-order valence-corrected chi connectivity index (χ1v) is 6.09. The number of benzene rings is 2. The minimum atomic E-state index is 0.0907. The third kappa shape index (κ3) is 1.83. The summed E-state index contributed by atoms with van der Waals surface area (Å²) in [5.41, 5.74) is 11.5. The number of aliphatic hydroxyl groups excluding tert-OH is 1. The number of nitrogens with zero attached hydrogens (tertiary/aromatic N) is 1. The molecule has 92 valence electrons. The molecule has 0 aliphatic carbocycles. The monoisotopic (exact) mass is 240 g/mol. The lowest BCUT2D eigenvalue weighted by atomic mass is 10.1. The molecule has 0 amide bonds. The summed E-state index contributed by atoms with van der Waals surface area (Å²) in [5.74, 6) is 0. The lowest BCUT2D eigenvalue weighted by molar-refractivity contribution is 0.282. The van der Waals surface area contributed by atoms with Crippen molar-refractivity contribution >= 4 is 11.4 Å². The molecule has 2 aromatic rings. The van der Waals surface area contributed by atoms with E-state index in [1.807, 2.05) is 36.4 Å². The van der Waals surface area contributed by atoms with E-state index in [9.17, 15) is 0 Å². The van der Waals surface area contributed by atoms with Gasteiger partial charge in [-0.25, -0.2) is 0 Å². The van der Waals surface area contributed by atoms with E-state index in [-0.39, 0.29) is 6.61 Å². The van der Waals surface area contributed by atoms with Crippen LogP contribution in [0.4, 0.5) is 11.4 Å². The van der Waals surface area contributed by atoms with Crippen molar-refractivity contribution in [1.29, 1.82) is 0 Å². The molecule has 3 heteroatoms. The third-order valence-corrected chi connectivity index (χ3v) is 3.50. The Morgan fingerprint density at radius 2 is 1.83 bits per heavy atom. The lowest BCUT2D eigenvalue weighted by Crippen LogP contribution is -2.14. The summed E-state index contributed by atoms with van der Waals surface area (Å²) in [6.45, 7) is 1.85. The Balaban J connectivity index is 1.86. The van der Waals surface area contributed by atoms with Crippen molar-refractivity contribution in [3.05, 3.63) is 59.2 Å².